The van der Waals surface area contributed by atoms with Crippen molar-refractivity contribution in [2.24, 2.45) is 0 Å². The van der Waals surface area contributed by atoms with Gasteiger partial charge in [-0.25, -0.2) is 9.59 Å². The molecule has 0 aromatic heterocycles. The SMILES string of the molecule is COc1ccc(OCC#CCNC(C)(C)C)cc1.O=C(O)C(=O)O. The van der Waals surface area contributed by atoms with Gasteiger partial charge in [0, 0.05) is 5.54 Å². The van der Waals surface area contributed by atoms with E-state index in [9.17, 15) is 0 Å². The van der Waals surface area contributed by atoms with E-state index in [4.69, 9.17) is 29.3 Å². The number of aliphatic carboxylic acids is 2. The highest BCUT2D eigenvalue weighted by atomic mass is 16.5. The molecule has 0 saturated heterocycles. The summed E-state index contributed by atoms with van der Waals surface area (Å²) in [6.45, 7) is 7.42. The van der Waals surface area contributed by atoms with Crippen molar-refractivity contribution in [1.82, 2.24) is 5.32 Å². The Morgan fingerprint density at radius 2 is 1.54 bits per heavy atom. The molecule has 0 aliphatic carbocycles. The molecule has 24 heavy (non-hydrogen) atoms. The second-order valence-corrected chi connectivity index (χ2v) is 5.53. The lowest BCUT2D eigenvalue weighted by Gasteiger charge is -2.18. The summed E-state index contributed by atoms with van der Waals surface area (Å²) in [6, 6.07) is 7.47. The number of carboxylic acids is 2. The largest absolute Gasteiger partial charge is 0.497 e. The molecule has 0 saturated carbocycles. The van der Waals surface area contributed by atoms with E-state index >= 15 is 0 Å². The molecule has 0 unspecified atom stereocenters. The lowest BCUT2D eigenvalue weighted by molar-refractivity contribution is -0.159. The third-order valence-electron chi connectivity index (χ3n) is 2.39. The van der Waals surface area contributed by atoms with Crippen molar-refractivity contribution in [3.05, 3.63) is 24.3 Å². The van der Waals surface area contributed by atoms with E-state index < -0.39 is 11.9 Å². The van der Waals surface area contributed by atoms with Crippen molar-refractivity contribution in [1.29, 1.82) is 0 Å². The molecule has 0 heterocycles. The number of ether oxygens (including phenoxy) is 2. The minimum absolute atomic E-state index is 0.103. The maximum Gasteiger partial charge on any atom is 0.414 e. The van der Waals surface area contributed by atoms with Crippen LogP contribution < -0.4 is 14.8 Å². The lowest BCUT2D eigenvalue weighted by Crippen LogP contribution is -2.35. The maximum absolute atomic E-state index is 9.10. The van der Waals surface area contributed by atoms with Crippen molar-refractivity contribution in [3.8, 4) is 23.3 Å². The van der Waals surface area contributed by atoms with Crippen LogP contribution >= 0.6 is 0 Å². The van der Waals surface area contributed by atoms with Gasteiger partial charge in [0.25, 0.3) is 0 Å². The van der Waals surface area contributed by atoms with Crippen LogP contribution in [0.1, 0.15) is 20.8 Å². The fourth-order valence-electron chi connectivity index (χ4n) is 1.21. The molecule has 0 fully saturated rings. The summed E-state index contributed by atoms with van der Waals surface area (Å²) in [5, 5.41) is 18.1. The maximum atomic E-state index is 9.10. The van der Waals surface area contributed by atoms with Gasteiger partial charge in [0.2, 0.25) is 0 Å². The van der Waals surface area contributed by atoms with Gasteiger partial charge in [0.1, 0.15) is 18.1 Å². The van der Waals surface area contributed by atoms with Crippen LogP contribution in [0.3, 0.4) is 0 Å². The zero-order valence-electron chi connectivity index (χ0n) is 14.3. The predicted molar refractivity (Wildman–Crippen MR) is 89.3 cm³/mol. The van der Waals surface area contributed by atoms with Gasteiger partial charge < -0.3 is 25.0 Å². The molecule has 0 bridgehead atoms. The first kappa shape index (κ1) is 21.3. The molecule has 0 aliphatic rings. The minimum Gasteiger partial charge on any atom is -0.497 e. The van der Waals surface area contributed by atoms with Gasteiger partial charge >= 0.3 is 11.9 Å². The molecule has 132 valence electrons. The number of methoxy groups -OCH3 is 1. The summed E-state index contributed by atoms with van der Waals surface area (Å²) in [4.78, 5) is 18.2. The summed E-state index contributed by atoms with van der Waals surface area (Å²) in [5.41, 5.74) is 0.103. The van der Waals surface area contributed by atoms with Crippen LogP contribution in [0.4, 0.5) is 0 Å². The molecule has 7 nitrogen and oxygen atoms in total. The number of carbonyl (C=O) groups is 2. The second kappa shape index (κ2) is 10.9. The normalized spacial score (nSPS) is 9.67. The van der Waals surface area contributed by atoms with Crippen LogP contribution in [0, 0.1) is 11.8 Å². The van der Waals surface area contributed by atoms with E-state index in [-0.39, 0.29) is 5.54 Å². The molecule has 3 N–H and O–H groups in total. The Hall–Kier alpha value is -2.72. The summed E-state index contributed by atoms with van der Waals surface area (Å²) in [5.74, 6) is 3.97. The third-order valence-corrected chi connectivity index (χ3v) is 2.39. The Morgan fingerprint density at radius 1 is 1.04 bits per heavy atom. The molecule has 0 radical (unpaired) electrons. The molecule has 1 aromatic carbocycles. The van der Waals surface area contributed by atoms with Gasteiger partial charge in [0.05, 0.1) is 13.7 Å². The summed E-state index contributed by atoms with van der Waals surface area (Å²) in [6.07, 6.45) is 0. The molecular formula is C17H23NO6. The molecule has 0 amide bonds. The van der Waals surface area contributed by atoms with Crippen LogP contribution in [-0.4, -0.2) is 48.0 Å². The highest BCUT2D eigenvalue weighted by Crippen LogP contribution is 2.16. The number of carboxylic acid groups (broad SMARTS) is 2. The zero-order valence-corrected chi connectivity index (χ0v) is 14.3. The number of hydrogen-bond acceptors (Lipinski definition) is 5. The first-order valence-corrected chi connectivity index (χ1v) is 7.09. The Bertz CT molecular complexity index is 566. The van der Waals surface area contributed by atoms with E-state index in [0.717, 1.165) is 11.5 Å². The van der Waals surface area contributed by atoms with E-state index in [1.165, 1.54) is 0 Å². The average molecular weight is 337 g/mol. The average Bonchev–Trinajstić information content (AvgIpc) is 2.51. The first-order valence-electron chi connectivity index (χ1n) is 7.09. The van der Waals surface area contributed by atoms with E-state index in [1.807, 2.05) is 24.3 Å². The van der Waals surface area contributed by atoms with Crippen LogP contribution in [0.25, 0.3) is 0 Å². The third kappa shape index (κ3) is 11.9. The fourth-order valence-corrected chi connectivity index (χ4v) is 1.21. The molecule has 0 aliphatic heterocycles. The monoisotopic (exact) mass is 337 g/mol. The van der Waals surface area contributed by atoms with Crippen LogP contribution in [0.2, 0.25) is 0 Å². The Morgan fingerprint density at radius 3 is 1.96 bits per heavy atom. The van der Waals surface area contributed by atoms with Crippen molar-refractivity contribution in [2.75, 3.05) is 20.3 Å². The summed E-state index contributed by atoms with van der Waals surface area (Å²) in [7, 11) is 1.64. The highest BCUT2D eigenvalue weighted by Gasteiger charge is 2.05. The minimum atomic E-state index is -1.82. The zero-order chi connectivity index (χ0) is 18.6. The molecule has 7 heteroatoms. The van der Waals surface area contributed by atoms with Gasteiger partial charge in [-0.1, -0.05) is 11.8 Å². The first-order chi connectivity index (χ1) is 11.2. The van der Waals surface area contributed by atoms with E-state index in [2.05, 4.69) is 37.9 Å². The number of hydrogen-bond donors (Lipinski definition) is 3. The number of nitrogens with one attached hydrogen (secondary N) is 1. The summed E-state index contributed by atoms with van der Waals surface area (Å²) < 4.78 is 10.5. The van der Waals surface area contributed by atoms with E-state index in [1.54, 1.807) is 7.11 Å². The second-order valence-electron chi connectivity index (χ2n) is 5.53. The van der Waals surface area contributed by atoms with Gasteiger partial charge in [-0.05, 0) is 45.0 Å². The number of rotatable bonds is 4. The van der Waals surface area contributed by atoms with Gasteiger partial charge in [-0.3, -0.25) is 0 Å². The predicted octanol–water partition coefficient (Wildman–Crippen LogP) is 1.62. The van der Waals surface area contributed by atoms with Gasteiger partial charge in [-0.2, -0.15) is 0 Å². The van der Waals surface area contributed by atoms with Gasteiger partial charge in [0.15, 0.2) is 0 Å². The van der Waals surface area contributed by atoms with Crippen LogP contribution in [0.5, 0.6) is 11.5 Å². The van der Waals surface area contributed by atoms with Gasteiger partial charge in [-0.15, -0.1) is 0 Å². The molecular weight excluding hydrogens is 314 g/mol. The Balaban J connectivity index is 0.000000754. The van der Waals surface area contributed by atoms with E-state index in [0.29, 0.717) is 13.2 Å². The Kier molecular flexibility index (Phi) is 9.68. The number of benzene rings is 1. The standard InChI is InChI=1S/C15H21NO2.C2H2O4/c1-15(2,3)16-11-5-6-12-18-14-9-7-13(17-4)8-10-14;3-1(4)2(5)6/h7-10,16H,11-12H2,1-4H3;(H,3,4)(H,5,6). The van der Waals surface area contributed by atoms with Crippen LogP contribution in [0.15, 0.2) is 24.3 Å². The van der Waals surface area contributed by atoms with Crippen LogP contribution in [-0.2, 0) is 9.59 Å². The van der Waals surface area contributed by atoms with Crippen molar-refractivity contribution in [3.63, 3.8) is 0 Å². The highest BCUT2D eigenvalue weighted by molar-refractivity contribution is 6.27. The smallest absolute Gasteiger partial charge is 0.414 e. The molecule has 1 rings (SSSR count). The van der Waals surface area contributed by atoms with Crippen molar-refractivity contribution >= 4 is 11.9 Å². The van der Waals surface area contributed by atoms with Crippen molar-refractivity contribution in [2.45, 2.75) is 26.3 Å². The quantitative estimate of drug-likeness (QED) is 0.566. The summed E-state index contributed by atoms with van der Waals surface area (Å²) >= 11 is 0. The lowest BCUT2D eigenvalue weighted by atomic mass is 10.1. The fraction of sp³-hybridized carbons (Fsp3) is 0.412. The van der Waals surface area contributed by atoms with Crippen molar-refractivity contribution < 1.29 is 29.3 Å². The molecule has 0 atom stereocenters. The molecule has 1 aromatic rings. The topological polar surface area (TPSA) is 105 Å². The Labute approximate surface area is 141 Å². The molecule has 0 spiro atoms.